The molecule has 13 heavy (non-hydrogen) atoms. The van der Waals surface area contributed by atoms with E-state index in [0.717, 1.165) is 6.42 Å². The minimum atomic E-state index is -0.344. The van der Waals surface area contributed by atoms with Crippen LogP contribution in [0.1, 0.15) is 19.4 Å². The van der Waals surface area contributed by atoms with Crippen molar-refractivity contribution in [3.8, 4) is 0 Å². The van der Waals surface area contributed by atoms with E-state index in [9.17, 15) is 0 Å². The van der Waals surface area contributed by atoms with Crippen molar-refractivity contribution in [3.63, 3.8) is 0 Å². The number of allylic oxidation sites excluding steroid dienone is 1. The highest BCUT2D eigenvalue weighted by molar-refractivity contribution is 5.21. The molecular weight excluding hydrogens is 160 g/mol. The van der Waals surface area contributed by atoms with Crippen LogP contribution in [0.25, 0.3) is 0 Å². The molecule has 0 bridgehead atoms. The van der Waals surface area contributed by atoms with Gasteiger partial charge in [0.2, 0.25) is 0 Å². The predicted molar refractivity (Wildman–Crippen MR) is 55.6 cm³/mol. The summed E-state index contributed by atoms with van der Waals surface area (Å²) < 4.78 is 0. The largest absolute Gasteiger partial charge is 0.389 e. The molecule has 1 aromatic rings. The molecule has 1 aromatic carbocycles. The van der Waals surface area contributed by atoms with Crippen molar-refractivity contribution < 1.29 is 5.11 Å². The smallest absolute Gasteiger partial charge is 0.0695 e. The fourth-order valence-electron chi connectivity index (χ4n) is 1.39. The van der Waals surface area contributed by atoms with Gasteiger partial charge in [-0.25, -0.2) is 0 Å². The summed E-state index contributed by atoms with van der Waals surface area (Å²) in [5.41, 5.74) is 2.50. The molecule has 0 unspecified atom stereocenters. The molecule has 70 valence electrons. The van der Waals surface area contributed by atoms with E-state index in [0.29, 0.717) is 0 Å². The van der Waals surface area contributed by atoms with Crippen LogP contribution in [-0.4, -0.2) is 11.2 Å². The van der Waals surface area contributed by atoms with Gasteiger partial charge in [0.1, 0.15) is 0 Å². The summed E-state index contributed by atoms with van der Waals surface area (Å²) in [6.07, 6.45) is 2.46. The van der Waals surface area contributed by atoms with Crippen LogP contribution in [-0.2, 0) is 6.42 Å². The van der Waals surface area contributed by atoms with Crippen molar-refractivity contribution in [2.75, 3.05) is 0 Å². The van der Waals surface area contributed by atoms with Crippen molar-refractivity contribution in [2.24, 2.45) is 0 Å². The average Bonchev–Trinajstić information content (AvgIpc) is 2.04. The Morgan fingerprint density at radius 1 is 1.38 bits per heavy atom. The Balaban J connectivity index is 2.60. The Kier molecular flexibility index (Phi) is 3.71. The van der Waals surface area contributed by atoms with Crippen LogP contribution < -0.4 is 0 Å². The summed E-state index contributed by atoms with van der Waals surface area (Å²) in [6.45, 7) is 3.81. The maximum Gasteiger partial charge on any atom is 0.0695 e. The lowest BCUT2D eigenvalue weighted by Crippen LogP contribution is -1.96. The fourth-order valence-corrected chi connectivity index (χ4v) is 1.39. The first-order valence-corrected chi connectivity index (χ1v) is 4.58. The summed E-state index contributed by atoms with van der Waals surface area (Å²) in [6, 6.07) is 10.3. The molecule has 0 amide bonds. The highest BCUT2D eigenvalue weighted by atomic mass is 16.3. The van der Waals surface area contributed by atoms with E-state index in [-0.39, 0.29) is 6.10 Å². The lowest BCUT2D eigenvalue weighted by Gasteiger charge is -2.03. The quantitative estimate of drug-likeness (QED) is 0.702. The first-order chi connectivity index (χ1) is 6.18. The second-order valence-electron chi connectivity index (χ2n) is 3.42. The molecule has 0 spiro atoms. The summed E-state index contributed by atoms with van der Waals surface area (Å²) in [5, 5.41) is 9.12. The zero-order chi connectivity index (χ0) is 9.68. The van der Waals surface area contributed by atoms with Crippen molar-refractivity contribution in [2.45, 2.75) is 26.4 Å². The van der Waals surface area contributed by atoms with Crippen LogP contribution in [0, 0.1) is 0 Å². The molecule has 0 saturated heterocycles. The van der Waals surface area contributed by atoms with Crippen molar-refractivity contribution in [1.82, 2.24) is 0 Å². The van der Waals surface area contributed by atoms with E-state index in [1.165, 1.54) is 11.1 Å². The van der Waals surface area contributed by atoms with Crippen LogP contribution in [0.2, 0.25) is 0 Å². The average molecular weight is 176 g/mol. The van der Waals surface area contributed by atoms with E-state index < -0.39 is 0 Å². The first-order valence-electron chi connectivity index (χ1n) is 4.58. The molecule has 1 nitrogen and oxygen atoms in total. The van der Waals surface area contributed by atoms with Gasteiger partial charge in [-0.2, -0.15) is 0 Å². The van der Waals surface area contributed by atoms with Gasteiger partial charge in [0.15, 0.2) is 0 Å². The minimum Gasteiger partial charge on any atom is -0.389 e. The van der Waals surface area contributed by atoms with Crippen molar-refractivity contribution in [1.29, 1.82) is 0 Å². The maximum atomic E-state index is 9.12. The Hall–Kier alpha value is -1.08. The van der Waals surface area contributed by atoms with E-state index in [2.05, 4.69) is 12.1 Å². The van der Waals surface area contributed by atoms with E-state index >= 15 is 0 Å². The predicted octanol–water partition coefficient (Wildman–Crippen LogP) is 2.56. The number of benzene rings is 1. The topological polar surface area (TPSA) is 20.2 Å². The highest BCUT2D eigenvalue weighted by Gasteiger charge is 1.95. The number of aliphatic hydroxyl groups is 1. The first kappa shape index (κ1) is 10.0. The third-order valence-electron chi connectivity index (χ3n) is 1.85. The standard InChI is InChI=1S/C12H16O/c1-10(8-11(2)13)9-12-6-4-3-5-7-12/h3-8,11,13H,9H2,1-2H3/b10-8+/t11-/m1/s1. The Morgan fingerprint density at radius 2 is 2.00 bits per heavy atom. The second kappa shape index (κ2) is 4.83. The summed E-state index contributed by atoms with van der Waals surface area (Å²) in [7, 11) is 0. The van der Waals surface area contributed by atoms with Gasteiger partial charge in [-0.1, -0.05) is 42.0 Å². The Morgan fingerprint density at radius 3 is 2.54 bits per heavy atom. The Bertz CT molecular complexity index is 272. The molecule has 1 N–H and O–H groups in total. The van der Waals surface area contributed by atoms with Crippen molar-refractivity contribution >= 4 is 0 Å². The van der Waals surface area contributed by atoms with Crippen LogP contribution in [0.15, 0.2) is 42.0 Å². The minimum absolute atomic E-state index is 0.344. The van der Waals surface area contributed by atoms with E-state index in [1.54, 1.807) is 6.92 Å². The second-order valence-corrected chi connectivity index (χ2v) is 3.42. The fraction of sp³-hybridized carbons (Fsp3) is 0.333. The third-order valence-corrected chi connectivity index (χ3v) is 1.85. The van der Waals surface area contributed by atoms with E-state index in [1.807, 2.05) is 31.2 Å². The van der Waals surface area contributed by atoms with Crippen LogP contribution >= 0.6 is 0 Å². The van der Waals surface area contributed by atoms with E-state index in [4.69, 9.17) is 5.11 Å². The van der Waals surface area contributed by atoms with Crippen LogP contribution in [0.5, 0.6) is 0 Å². The number of hydrogen-bond donors (Lipinski definition) is 1. The van der Waals surface area contributed by atoms with Gasteiger partial charge >= 0.3 is 0 Å². The monoisotopic (exact) mass is 176 g/mol. The van der Waals surface area contributed by atoms with Gasteiger partial charge in [0, 0.05) is 0 Å². The molecule has 0 heterocycles. The summed E-state index contributed by atoms with van der Waals surface area (Å²) in [5.74, 6) is 0. The lowest BCUT2D eigenvalue weighted by molar-refractivity contribution is 0.243. The molecule has 1 heteroatoms. The molecule has 0 radical (unpaired) electrons. The van der Waals surface area contributed by atoms with Crippen LogP contribution in [0.3, 0.4) is 0 Å². The molecule has 0 aliphatic heterocycles. The number of hydrogen-bond acceptors (Lipinski definition) is 1. The molecule has 0 saturated carbocycles. The normalized spacial score (nSPS) is 14.2. The zero-order valence-electron chi connectivity index (χ0n) is 8.20. The molecule has 0 fully saturated rings. The van der Waals surface area contributed by atoms with Crippen LogP contribution in [0.4, 0.5) is 0 Å². The van der Waals surface area contributed by atoms with Crippen molar-refractivity contribution in [3.05, 3.63) is 47.5 Å². The van der Waals surface area contributed by atoms with Gasteiger partial charge in [-0.3, -0.25) is 0 Å². The third kappa shape index (κ3) is 3.90. The van der Waals surface area contributed by atoms with Gasteiger partial charge in [0.05, 0.1) is 6.10 Å². The number of aliphatic hydroxyl groups excluding tert-OH is 1. The Labute approximate surface area is 79.7 Å². The highest BCUT2D eigenvalue weighted by Crippen LogP contribution is 2.07. The summed E-state index contributed by atoms with van der Waals surface area (Å²) >= 11 is 0. The van der Waals surface area contributed by atoms with Gasteiger partial charge < -0.3 is 5.11 Å². The molecular formula is C12H16O. The van der Waals surface area contributed by atoms with Gasteiger partial charge in [-0.15, -0.1) is 0 Å². The zero-order valence-corrected chi connectivity index (χ0v) is 8.20. The van der Waals surface area contributed by atoms with Gasteiger partial charge in [0.25, 0.3) is 0 Å². The maximum absolute atomic E-state index is 9.12. The molecule has 0 aliphatic carbocycles. The summed E-state index contributed by atoms with van der Waals surface area (Å²) in [4.78, 5) is 0. The molecule has 1 atom stereocenters. The van der Waals surface area contributed by atoms with Gasteiger partial charge in [-0.05, 0) is 25.8 Å². The molecule has 0 aliphatic rings. The molecule has 0 aromatic heterocycles. The SMILES string of the molecule is C/C(=C\[C@@H](C)O)Cc1ccccc1. The molecule has 1 rings (SSSR count). The number of rotatable bonds is 3. The lowest BCUT2D eigenvalue weighted by atomic mass is 10.1.